The van der Waals surface area contributed by atoms with Crippen LogP contribution in [0.5, 0.6) is 0 Å². The molecule has 2 aromatic rings. The molecule has 26 heavy (non-hydrogen) atoms. The summed E-state index contributed by atoms with van der Waals surface area (Å²) in [5.74, 6) is -4.95. The third-order valence-corrected chi connectivity index (χ3v) is 3.42. The Balaban J connectivity index is 1.95. The number of rotatable bonds is 7. The molecule has 0 unspecified atom stereocenters. The Bertz CT molecular complexity index is 760. The summed E-state index contributed by atoms with van der Waals surface area (Å²) >= 11 is 0. The molecule has 0 aliphatic carbocycles. The van der Waals surface area contributed by atoms with Gasteiger partial charge in [-0.15, -0.1) is 0 Å². The summed E-state index contributed by atoms with van der Waals surface area (Å²) in [6, 6.07) is 6.81. The zero-order valence-corrected chi connectivity index (χ0v) is 13.8. The van der Waals surface area contributed by atoms with Crippen LogP contribution in [0.3, 0.4) is 0 Å². The van der Waals surface area contributed by atoms with Crippen LogP contribution in [0.1, 0.15) is 18.1 Å². The molecule has 138 valence electrons. The molecule has 1 aromatic heterocycles. The van der Waals surface area contributed by atoms with E-state index in [0.717, 1.165) is 23.6 Å². The van der Waals surface area contributed by atoms with E-state index in [0.29, 0.717) is 11.4 Å². The predicted octanol–water partition coefficient (Wildman–Crippen LogP) is 4.16. The molecule has 0 N–H and O–H groups in total. The highest BCUT2D eigenvalue weighted by Crippen LogP contribution is 2.23. The first-order valence-corrected chi connectivity index (χ1v) is 7.74. The highest BCUT2D eigenvalue weighted by atomic mass is 19.3. The zero-order valence-electron chi connectivity index (χ0n) is 13.8. The maximum atomic E-state index is 12.7. The lowest BCUT2D eigenvalue weighted by Crippen LogP contribution is -2.33. The Labute approximate surface area is 147 Å². The van der Waals surface area contributed by atoms with Gasteiger partial charge in [0.2, 0.25) is 0 Å². The number of carbonyl (C=O) groups is 1. The summed E-state index contributed by atoms with van der Waals surface area (Å²) < 4.78 is 53.4. The predicted molar refractivity (Wildman–Crippen MR) is 87.8 cm³/mol. The lowest BCUT2D eigenvalue weighted by atomic mass is 10.1. The number of esters is 1. The van der Waals surface area contributed by atoms with Crippen LogP contribution in [0.4, 0.5) is 17.6 Å². The van der Waals surface area contributed by atoms with Crippen LogP contribution in [0.2, 0.25) is 0 Å². The van der Waals surface area contributed by atoms with Crippen molar-refractivity contribution in [3.05, 3.63) is 53.9 Å². The van der Waals surface area contributed by atoms with Crippen molar-refractivity contribution in [2.75, 3.05) is 6.61 Å². The van der Waals surface area contributed by atoms with Crippen LogP contribution < -0.4 is 0 Å². The number of carbonyl (C=O) groups excluding carboxylic acids is 1. The maximum Gasteiger partial charge on any atom is 0.340 e. The number of hydrogen-bond donors (Lipinski definition) is 0. The average Bonchev–Trinajstić information content (AvgIpc) is 2.65. The first-order valence-electron chi connectivity index (χ1n) is 7.74. The number of alkyl halides is 4. The van der Waals surface area contributed by atoms with Crippen LogP contribution in [-0.4, -0.2) is 34.9 Å². The van der Waals surface area contributed by atoms with Crippen molar-refractivity contribution in [1.82, 2.24) is 9.97 Å². The first kappa shape index (κ1) is 19.6. The van der Waals surface area contributed by atoms with E-state index >= 15 is 0 Å². The lowest BCUT2D eigenvalue weighted by molar-refractivity contribution is -0.175. The van der Waals surface area contributed by atoms with Crippen LogP contribution in [0, 0.1) is 0 Å². The third kappa shape index (κ3) is 5.37. The molecular weight excluding hydrogens is 352 g/mol. The van der Waals surface area contributed by atoms with Gasteiger partial charge in [-0.1, -0.05) is 31.2 Å². The third-order valence-electron chi connectivity index (χ3n) is 3.42. The summed E-state index contributed by atoms with van der Waals surface area (Å²) in [6.45, 7) is 0.330. The van der Waals surface area contributed by atoms with Crippen molar-refractivity contribution < 1.29 is 27.1 Å². The van der Waals surface area contributed by atoms with Crippen molar-refractivity contribution in [2.45, 2.75) is 25.7 Å². The van der Waals surface area contributed by atoms with Gasteiger partial charge in [-0.3, -0.25) is 0 Å². The topological polar surface area (TPSA) is 52.1 Å². The van der Waals surface area contributed by atoms with Gasteiger partial charge in [0.1, 0.15) is 0 Å². The maximum absolute atomic E-state index is 12.7. The molecule has 0 aliphatic heterocycles. The molecule has 0 amide bonds. The molecule has 1 heterocycles. The fraction of sp³-hybridized carbons (Fsp3) is 0.278. The van der Waals surface area contributed by atoms with Gasteiger partial charge in [-0.25, -0.2) is 23.5 Å². The van der Waals surface area contributed by atoms with Gasteiger partial charge >= 0.3 is 18.3 Å². The standard InChI is InChI=1S/C18H16F4N2O2/c1-2-12-9-23-16(24-10-12)14-6-3-13(4-7-14)5-8-15(25)26-11-18(21,22)17(19)20/h3-10,17H,2,11H2,1H3/b8-5+. The van der Waals surface area contributed by atoms with E-state index in [-0.39, 0.29) is 0 Å². The fourth-order valence-corrected chi connectivity index (χ4v) is 1.87. The summed E-state index contributed by atoms with van der Waals surface area (Å²) in [7, 11) is 0. The molecule has 2 rings (SSSR count). The van der Waals surface area contributed by atoms with E-state index < -0.39 is 24.9 Å². The number of aryl methyl sites for hydroxylation is 1. The van der Waals surface area contributed by atoms with Gasteiger partial charge in [0, 0.05) is 24.0 Å². The minimum Gasteiger partial charge on any atom is -0.456 e. The first-order chi connectivity index (χ1) is 12.3. The minimum atomic E-state index is -4.36. The lowest BCUT2D eigenvalue weighted by Gasteiger charge is -2.14. The molecule has 0 bridgehead atoms. The summed E-state index contributed by atoms with van der Waals surface area (Å²) in [6.07, 6.45) is 2.64. The number of hydrogen-bond acceptors (Lipinski definition) is 4. The van der Waals surface area contributed by atoms with Crippen molar-refractivity contribution in [3.63, 3.8) is 0 Å². The van der Waals surface area contributed by atoms with Crippen molar-refractivity contribution >= 4 is 12.0 Å². The SMILES string of the molecule is CCc1cnc(-c2ccc(/C=C/C(=O)OCC(F)(F)C(F)F)cc2)nc1. The quantitative estimate of drug-likeness (QED) is 0.418. The van der Waals surface area contributed by atoms with Gasteiger partial charge in [0.15, 0.2) is 12.4 Å². The molecule has 0 atom stereocenters. The molecule has 4 nitrogen and oxygen atoms in total. The Kier molecular flexibility index (Phi) is 6.43. The molecule has 8 heteroatoms. The van der Waals surface area contributed by atoms with Gasteiger partial charge in [0.25, 0.3) is 0 Å². The smallest absolute Gasteiger partial charge is 0.340 e. The summed E-state index contributed by atoms with van der Waals surface area (Å²) in [4.78, 5) is 19.8. The second kappa shape index (κ2) is 8.55. The normalized spacial score (nSPS) is 11.9. The number of nitrogens with zero attached hydrogens (tertiary/aromatic N) is 2. The Morgan fingerprint density at radius 1 is 1.19 bits per heavy atom. The van der Waals surface area contributed by atoms with Crippen molar-refractivity contribution in [2.24, 2.45) is 0 Å². The number of aromatic nitrogens is 2. The van der Waals surface area contributed by atoms with E-state index in [1.165, 1.54) is 6.08 Å². The minimum absolute atomic E-state index is 0.548. The summed E-state index contributed by atoms with van der Waals surface area (Å²) in [5.41, 5.74) is 2.38. The van der Waals surface area contributed by atoms with Gasteiger partial charge in [-0.2, -0.15) is 8.78 Å². The second-order valence-electron chi connectivity index (χ2n) is 5.39. The van der Waals surface area contributed by atoms with Gasteiger partial charge in [-0.05, 0) is 23.6 Å². The molecule has 0 aliphatic rings. The van der Waals surface area contributed by atoms with Crippen LogP contribution >= 0.6 is 0 Å². The fourth-order valence-electron chi connectivity index (χ4n) is 1.87. The monoisotopic (exact) mass is 368 g/mol. The van der Waals surface area contributed by atoms with Crippen LogP contribution in [0.25, 0.3) is 17.5 Å². The average molecular weight is 368 g/mol. The van der Waals surface area contributed by atoms with Crippen LogP contribution in [0.15, 0.2) is 42.7 Å². The molecule has 1 aromatic carbocycles. The molecule has 0 radical (unpaired) electrons. The molecular formula is C18H16F4N2O2. The Morgan fingerprint density at radius 3 is 2.35 bits per heavy atom. The number of halogens is 4. The molecule has 0 saturated heterocycles. The largest absolute Gasteiger partial charge is 0.456 e. The van der Waals surface area contributed by atoms with E-state index in [1.807, 2.05) is 6.92 Å². The van der Waals surface area contributed by atoms with Gasteiger partial charge < -0.3 is 4.74 Å². The molecule has 0 saturated carbocycles. The number of benzene rings is 1. The van der Waals surface area contributed by atoms with Crippen LogP contribution in [-0.2, 0) is 16.0 Å². The van der Waals surface area contributed by atoms with Crippen molar-refractivity contribution in [1.29, 1.82) is 0 Å². The van der Waals surface area contributed by atoms with E-state index in [1.54, 1.807) is 36.7 Å². The van der Waals surface area contributed by atoms with Gasteiger partial charge in [0.05, 0.1) is 0 Å². The number of ether oxygens (including phenoxy) is 1. The van der Waals surface area contributed by atoms with E-state index in [4.69, 9.17) is 0 Å². The summed E-state index contributed by atoms with van der Waals surface area (Å²) in [5, 5.41) is 0. The zero-order chi connectivity index (χ0) is 19.2. The molecule has 0 spiro atoms. The Hall–Kier alpha value is -2.77. The van der Waals surface area contributed by atoms with Crippen molar-refractivity contribution in [3.8, 4) is 11.4 Å². The highest BCUT2D eigenvalue weighted by molar-refractivity contribution is 5.87. The highest BCUT2D eigenvalue weighted by Gasteiger charge is 2.42. The second-order valence-corrected chi connectivity index (χ2v) is 5.39. The van der Waals surface area contributed by atoms with E-state index in [9.17, 15) is 22.4 Å². The van der Waals surface area contributed by atoms with E-state index in [2.05, 4.69) is 14.7 Å². The molecule has 0 fully saturated rings. The Morgan fingerprint density at radius 2 is 1.81 bits per heavy atom.